The largest absolute Gasteiger partial charge is 0.321 e. The molecule has 7 heteroatoms. The third kappa shape index (κ3) is 4.15. The summed E-state index contributed by atoms with van der Waals surface area (Å²) in [4.78, 5) is 11.7. The molecule has 100 valence electrons. The van der Waals surface area contributed by atoms with Crippen LogP contribution < -0.4 is 5.73 Å². The Morgan fingerprint density at radius 2 is 2.00 bits per heavy atom. The van der Waals surface area contributed by atoms with E-state index in [0.717, 1.165) is 18.4 Å². The average molecular weight is 277 g/mol. The third-order valence-corrected chi connectivity index (χ3v) is 3.31. The summed E-state index contributed by atoms with van der Waals surface area (Å²) in [7, 11) is -3.24. The quantitative estimate of drug-likeness (QED) is 0.811. The van der Waals surface area contributed by atoms with E-state index < -0.39 is 33.3 Å². The van der Waals surface area contributed by atoms with Gasteiger partial charge >= 0.3 is 0 Å². The van der Waals surface area contributed by atoms with Crippen molar-refractivity contribution in [3.05, 3.63) is 35.4 Å². The molecule has 0 aliphatic heterocycles. The lowest BCUT2D eigenvalue weighted by Crippen LogP contribution is -2.33. The molecule has 0 heterocycles. The van der Waals surface area contributed by atoms with Crippen molar-refractivity contribution >= 4 is 15.6 Å². The monoisotopic (exact) mass is 277 g/mol. The second kappa shape index (κ2) is 5.53. The van der Waals surface area contributed by atoms with Crippen LogP contribution in [0.15, 0.2) is 18.2 Å². The maximum Gasteiger partial charge on any atom is 0.182 e. The first-order valence-electron chi connectivity index (χ1n) is 5.13. The van der Waals surface area contributed by atoms with Crippen LogP contribution in [0.1, 0.15) is 16.8 Å². The number of carbonyl (C=O) groups excluding carboxylic acids is 1. The first-order chi connectivity index (χ1) is 8.20. The molecule has 1 aromatic carbocycles. The van der Waals surface area contributed by atoms with Crippen molar-refractivity contribution in [2.45, 2.75) is 12.5 Å². The van der Waals surface area contributed by atoms with Crippen LogP contribution in [0, 0.1) is 11.6 Å². The average Bonchev–Trinajstić information content (AvgIpc) is 2.24. The number of benzene rings is 1. The number of rotatable bonds is 5. The molecule has 0 radical (unpaired) electrons. The smallest absolute Gasteiger partial charge is 0.182 e. The van der Waals surface area contributed by atoms with Crippen molar-refractivity contribution in [2.75, 3.05) is 12.0 Å². The van der Waals surface area contributed by atoms with Gasteiger partial charge in [0.15, 0.2) is 5.78 Å². The molecule has 18 heavy (non-hydrogen) atoms. The Morgan fingerprint density at radius 3 is 2.50 bits per heavy atom. The molecule has 0 spiro atoms. The van der Waals surface area contributed by atoms with Crippen LogP contribution in [0.3, 0.4) is 0 Å². The number of sulfone groups is 1. The van der Waals surface area contributed by atoms with Gasteiger partial charge in [0.05, 0.1) is 17.4 Å². The molecule has 0 aliphatic rings. The lowest BCUT2D eigenvalue weighted by atomic mass is 10.0. The van der Waals surface area contributed by atoms with E-state index in [9.17, 15) is 22.0 Å². The Balaban J connectivity index is 2.80. The number of hydrogen-bond acceptors (Lipinski definition) is 4. The van der Waals surface area contributed by atoms with E-state index in [2.05, 4.69) is 0 Å². The molecule has 0 bridgehead atoms. The second-order valence-electron chi connectivity index (χ2n) is 4.01. The minimum absolute atomic E-state index is 0.103. The van der Waals surface area contributed by atoms with E-state index in [0.29, 0.717) is 6.07 Å². The van der Waals surface area contributed by atoms with E-state index in [1.807, 2.05) is 0 Å². The molecule has 1 atom stereocenters. The highest BCUT2D eigenvalue weighted by Gasteiger charge is 2.20. The summed E-state index contributed by atoms with van der Waals surface area (Å²) in [6.45, 7) is 0. The van der Waals surface area contributed by atoms with Crippen LogP contribution in [0.2, 0.25) is 0 Å². The summed E-state index contributed by atoms with van der Waals surface area (Å²) in [6.07, 6.45) is 0.914. The SMILES string of the molecule is CS(=O)(=O)CCC(N)C(=O)c1ccc(F)cc1F. The highest BCUT2D eigenvalue weighted by Crippen LogP contribution is 2.12. The maximum atomic E-state index is 13.3. The molecular formula is C11H13F2NO3S. The Hall–Kier alpha value is -1.34. The van der Waals surface area contributed by atoms with Gasteiger partial charge in [-0.3, -0.25) is 4.79 Å². The first-order valence-corrected chi connectivity index (χ1v) is 7.19. The van der Waals surface area contributed by atoms with Crippen LogP contribution >= 0.6 is 0 Å². The molecule has 1 unspecified atom stereocenters. The van der Waals surface area contributed by atoms with Crippen molar-refractivity contribution in [1.82, 2.24) is 0 Å². The molecule has 1 rings (SSSR count). The van der Waals surface area contributed by atoms with Crippen molar-refractivity contribution in [3.8, 4) is 0 Å². The summed E-state index contributed by atoms with van der Waals surface area (Å²) < 4.78 is 47.8. The molecule has 4 nitrogen and oxygen atoms in total. The van der Waals surface area contributed by atoms with Gasteiger partial charge in [-0.1, -0.05) is 0 Å². The molecular weight excluding hydrogens is 264 g/mol. The number of hydrogen-bond donors (Lipinski definition) is 1. The van der Waals surface area contributed by atoms with Gasteiger partial charge < -0.3 is 5.73 Å². The normalized spacial score (nSPS) is 13.3. The van der Waals surface area contributed by atoms with E-state index in [1.165, 1.54) is 0 Å². The standard InChI is InChI=1S/C11H13F2NO3S/c1-18(16,17)5-4-10(14)11(15)8-3-2-7(12)6-9(8)13/h2-3,6,10H,4-5,14H2,1H3. The zero-order valence-electron chi connectivity index (χ0n) is 9.69. The summed E-state index contributed by atoms with van der Waals surface area (Å²) in [5.74, 6) is -2.80. The highest BCUT2D eigenvalue weighted by atomic mass is 32.2. The van der Waals surface area contributed by atoms with Crippen molar-refractivity contribution in [1.29, 1.82) is 0 Å². The van der Waals surface area contributed by atoms with Crippen LogP contribution in [0.5, 0.6) is 0 Å². The molecule has 0 saturated heterocycles. The molecule has 0 fully saturated rings. The van der Waals surface area contributed by atoms with Crippen LogP contribution in [-0.2, 0) is 9.84 Å². The van der Waals surface area contributed by atoms with Gasteiger partial charge in [0.2, 0.25) is 0 Å². The molecule has 2 N–H and O–H groups in total. The first kappa shape index (κ1) is 14.7. The van der Waals surface area contributed by atoms with Gasteiger partial charge in [-0.15, -0.1) is 0 Å². The van der Waals surface area contributed by atoms with Gasteiger partial charge in [-0.2, -0.15) is 0 Å². The topological polar surface area (TPSA) is 77.2 Å². The molecule has 0 amide bonds. The minimum Gasteiger partial charge on any atom is -0.321 e. The number of halogens is 2. The predicted octanol–water partition coefficient (Wildman–Crippen LogP) is 0.910. The maximum absolute atomic E-state index is 13.3. The van der Waals surface area contributed by atoms with Crippen molar-refractivity contribution in [2.24, 2.45) is 5.73 Å². The zero-order chi connectivity index (χ0) is 13.9. The van der Waals surface area contributed by atoms with E-state index in [4.69, 9.17) is 5.73 Å². The molecule has 0 aliphatic carbocycles. The predicted molar refractivity (Wildman–Crippen MR) is 63.0 cm³/mol. The fourth-order valence-corrected chi connectivity index (χ4v) is 2.04. The summed E-state index contributed by atoms with van der Waals surface area (Å²) in [5, 5.41) is 0. The summed E-state index contributed by atoms with van der Waals surface area (Å²) in [6, 6.07) is 1.39. The van der Waals surface area contributed by atoms with Crippen LogP contribution in [0.25, 0.3) is 0 Å². The summed E-state index contributed by atoms with van der Waals surface area (Å²) in [5.41, 5.74) is 5.15. The lowest BCUT2D eigenvalue weighted by molar-refractivity contribution is 0.0955. The highest BCUT2D eigenvalue weighted by molar-refractivity contribution is 7.90. The second-order valence-corrected chi connectivity index (χ2v) is 6.27. The molecule has 0 aromatic heterocycles. The van der Waals surface area contributed by atoms with Gasteiger partial charge in [0, 0.05) is 12.3 Å². The van der Waals surface area contributed by atoms with Gasteiger partial charge in [0.1, 0.15) is 21.5 Å². The lowest BCUT2D eigenvalue weighted by Gasteiger charge is -2.10. The van der Waals surface area contributed by atoms with E-state index in [-0.39, 0.29) is 17.7 Å². The number of nitrogens with two attached hydrogens (primary N) is 1. The fourth-order valence-electron chi connectivity index (χ4n) is 1.36. The summed E-state index contributed by atoms with van der Waals surface area (Å²) >= 11 is 0. The van der Waals surface area contributed by atoms with Gasteiger partial charge in [0.25, 0.3) is 0 Å². The fraction of sp³-hybridized carbons (Fsp3) is 0.364. The Kier molecular flexibility index (Phi) is 4.53. The number of Topliss-reactive ketones (excluding diaryl/α,β-unsaturated/α-hetero) is 1. The third-order valence-electron chi connectivity index (χ3n) is 2.33. The Labute approximate surface area is 104 Å². The number of ketones is 1. The van der Waals surface area contributed by atoms with Gasteiger partial charge in [-0.05, 0) is 18.6 Å². The van der Waals surface area contributed by atoms with Crippen LogP contribution in [0.4, 0.5) is 8.78 Å². The van der Waals surface area contributed by atoms with E-state index in [1.54, 1.807) is 0 Å². The van der Waals surface area contributed by atoms with Gasteiger partial charge in [-0.25, -0.2) is 17.2 Å². The molecule has 0 saturated carbocycles. The Bertz CT molecular complexity index is 557. The van der Waals surface area contributed by atoms with Crippen LogP contribution in [-0.4, -0.2) is 32.3 Å². The minimum atomic E-state index is -3.24. The zero-order valence-corrected chi connectivity index (χ0v) is 10.5. The van der Waals surface area contributed by atoms with Crippen molar-refractivity contribution in [3.63, 3.8) is 0 Å². The number of carbonyl (C=O) groups is 1. The molecule has 1 aromatic rings. The van der Waals surface area contributed by atoms with Crippen molar-refractivity contribution < 1.29 is 22.0 Å². The Morgan fingerprint density at radius 1 is 1.39 bits per heavy atom. The van der Waals surface area contributed by atoms with E-state index >= 15 is 0 Å².